The molecule has 0 fully saturated rings. The molecule has 1 aliphatic heterocycles. The van der Waals surface area contributed by atoms with E-state index in [9.17, 15) is 4.79 Å². The molecule has 0 saturated carbocycles. The Bertz CT molecular complexity index is 635. The third-order valence-corrected chi connectivity index (χ3v) is 4.89. The van der Waals surface area contributed by atoms with E-state index in [1.807, 2.05) is 31.4 Å². The highest BCUT2D eigenvalue weighted by molar-refractivity contribution is 7.09. The normalized spacial score (nSPS) is 18.7. The number of aryl methyl sites for hydroxylation is 2. The van der Waals surface area contributed by atoms with Crippen LogP contribution >= 0.6 is 11.3 Å². The Kier molecular flexibility index (Phi) is 4.59. The molecule has 1 amide bonds. The quantitative estimate of drug-likeness (QED) is 0.885. The van der Waals surface area contributed by atoms with E-state index in [-0.39, 0.29) is 11.9 Å². The fraction of sp³-hybridized carbons (Fsp3) is 0.500. The van der Waals surface area contributed by atoms with Gasteiger partial charge in [0.1, 0.15) is 5.82 Å². The van der Waals surface area contributed by atoms with Gasteiger partial charge in [0, 0.05) is 30.1 Å². The van der Waals surface area contributed by atoms with Crippen LogP contribution < -0.4 is 10.6 Å². The van der Waals surface area contributed by atoms with Crippen LogP contribution in [-0.2, 0) is 24.3 Å². The lowest BCUT2D eigenvalue weighted by Crippen LogP contribution is -2.49. The van der Waals surface area contributed by atoms with Crippen molar-refractivity contribution in [2.24, 2.45) is 0 Å². The highest BCUT2D eigenvalue weighted by atomic mass is 32.1. The first kappa shape index (κ1) is 15.2. The number of imidazole rings is 1. The van der Waals surface area contributed by atoms with Crippen LogP contribution in [0.3, 0.4) is 0 Å². The number of nitrogens with zero attached hydrogens (tertiary/aromatic N) is 2. The first-order chi connectivity index (χ1) is 10.6. The third kappa shape index (κ3) is 3.56. The average Bonchev–Trinajstić information content (AvgIpc) is 3.12. The molecular formula is C16H22N4OS. The molecule has 1 aliphatic rings. The van der Waals surface area contributed by atoms with Crippen molar-refractivity contribution in [2.45, 2.75) is 51.9 Å². The Hall–Kier alpha value is -1.66. The summed E-state index contributed by atoms with van der Waals surface area (Å²) < 4.78 is 2.20. The van der Waals surface area contributed by atoms with E-state index < -0.39 is 0 Å². The van der Waals surface area contributed by atoms with Gasteiger partial charge in [-0.05, 0) is 31.7 Å². The molecule has 0 aromatic carbocycles. The molecule has 0 spiro atoms. The average molecular weight is 318 g/mol. The third-order valence-electron chi connectivity index (χ3n) is 4.01. The first-order valence-corrected chi connectivity index (χ1v) is 8.58. The van der Waals surface area contributed by atoms with Gasteiger partial charge in [-0.15, -0.1) is 11.3 Å². The summed E-state index contributed by atoms with van der Waals surface area (Å²) in [7, 11) is 0. The number of hydrogen-bond acceptors (Lipinski definition) is 4. The fourth-order valence-corrected chi connectivity index (χ4v) is 3.54. The molecule has 2 N–H and O–H groups in total. The van der Waals surface area contributed by atoms with Crippen LogP contribution in [0.2, 0.25) is 0 Å². The molecule has 3 rings (SSSR count). The number of fused-ring (bicyclic) bond motifs is 1. The minimum Gasteiger partial charge on any atom is -0.350 e. The number of thiophene rings is 1. The number of rotatable bonds is 5. The summed E-state index contributed by atoms with van der Waals surface area (Å²) in [5.41, 5.74) is 1.07. The molecule has 2 aromatic heterocycles. The van der Waals surface area contributed by atoms with Crippen molar-refractivity contribution in [3.63, 3.8) is 0 Å². The lowest BCUT2D eigenvalue weighted by molar-refractivity contribution is -0.123. The molecule has 2 unspecified atom stereocenters. The van der Waals surface area contributed by atoms with Gasteiger partial charge in [0.2, 0.25) is 5.91 Å². The van der Waals surface area contributed by atoms with Crippen molar-refractivity contribution in [1.82, 2.24) is 20.2 Å². The Morgan fingerprint density at radius 2 is 2.45 bits per heavy atom. The standard InChI is InChI=1S/C16H22N4OS/c1-11-9-20-10-13(5-6-15(20)18-11)19-12(2)16(21)17-8-14-4-3-7-22-14/h3-4,7,9,12-13,19H,5-6,8,10H2,1-2H3,(H,17,21). The summed E-state index contributed by atoms with van der Waals surface area (Å²) in [6, 6.07) is 4.17. The Morgan fingerprint density at radius 1 is 1.59 bits per heavy atom. The van der Waals surface area contributed by atoms with Crippen molar-refractivity contribution in [3.05, 3.63) is 40.1 Å². The maximum atomic E-state index is 12.2. The summed E-state index contributed by atoms with van der Waals surface area (Å²) in [5, 5.41) is 8.45. The number of carbonyl (C=O) groups excluding carboxylic acids is 1. The highest BCUT2D eigenvalue weighted by Gasteiger charge is 2.23. The Morgan fingerprint density at radius 3 is 3.23 bits per heavy atom. The van der Waals surface area contributed by atoms with E-state index in [4.69, 9.17) is 0 Å². The second-order valence-corrected chi connectivity index (χ2v) is 6.90. The SMILES string of the molecule is Cc1cn2c(n1)CCC(NC(C)C(=O)NCc1cccs1)C2. The van der Waals surface area contributed by atoms with Crippen LogP contribution in [0.15, 0.2) is 23.7 Å². The van der Waals surface area contributed by atoms with E-state index in [1.54, 1.807) is 11.3 Å². The van der Waals surface area contributed by atoms with Gasteiger partial charge in [0.15, 0.2) is 0 Å². The van der Waals surface area contributed by atoms with Crippen LogP contribution in [0.25, 0.3) is 0 Å². The summed E-state index contributed by atoms with van der Waals surface area (Å²) >= 11 is 1.66. The van der Waals surface area contributed by atoms with E-state index in [0.29, 0.717) is 12.6 Å². The van der Waals surface area contributed by atoms with Gasteiger partial charge in [0.25, 0.3) is 0 Å². The Balaban J connectivity index is 1.49. The summed E-state index contributed by atoms with van der Waals surface area (Å²) in [4.78, 5) is 17.9. The van der Waals surface area contributed by atoms with Gasteiger partial charge in [-0.1, -0.05) is 6.07 Å². The van der Waals surface area contributed by atoms with Crippen LogP contribution in [0.5, 0.6) is 0 Å². The number of aromatic nitrogens is 2. The van der Waals surface area contributed by atoms with Crippen LogP contribution in [0, 0.1) is 6.92 Å². The zero-order valence-electron chi connectivity index (χ0n) is 13.0. The predicted molar refractivity (Wildman–Crippen MR) is 87.8 cm³/mol. The topological polar surface area (TPSA) is 59.0 Å². The van der Waals surface area contributed by atoms with Gasteiger partial charge in [-0.2, -0.15) is 0 Å². The molecule has 2 aromatic rings. The number of carbonyl (C=O) groups is 1. The second kappa shape index (κ2) is 6.62. The van der Waals surface area contributed by atoms with E-state index in [1.165, 1.54) is 4.88 Å². The lowest BCUT2D eigenvalue weighted by atomic mass is 10.1. The Labute approximate surface area is 134 Å². The van der Waals surface area contributed by atoms with Crippen molar-refractivity contribution < 1.29 is 4.79 Å². The van der Waals surface area contributed by atoms with Gasteiger partial charge >= 0.3 is 0 Å². The monoisotopic (exact) mass is 318 g/mol. The minimum atomic E-state index is -0.184. The van der Waals surface area contributed by atoms with Gasteiger partial charge < -0.3 is 15.2 Å². The second-order valence-electron chi connectivity index (χ2n) is 5.87. The molecule has 5 nitrogen and oxygen atoms in total. The van der Waals surface area contributed by atoms with Gasteiger partial charge in [-0.3, -0.25) is 4.79 Å². The molecule has 0 saturated heterocycles. The van der Waals surface area contributed by atoms with Crippen molar-refractivity contribution in [2.75, 3.05) is 0 Å². The molecule has 2 atom stereocenters. The zero-order chi connectivity index (χ0) is 15.5. The highest BCUT2D eigenvalue weighted by Crippen LogP contribution is 2.15. The molecule has 0 bridgehead atoms. The maximum Gasteiger partial charge on any atom is 0.237 e. The minimum absolute atomic E-state index is 0.0565. The van der Waals surface area contributed by atoms with Crippen molar-refractivity contribution in [3.8, 4) is 0 Å². The zero-order valence-corrected chi connectivity index (χ0v) is 13.8. The largest absolute Gasteiger partial charge is 0.350 e. The fourth-order valence-electron chi connectivity index (χ4n) is 2.89. The molecular weight excluding hydrogens is 296 g/mol. The first-order valence-electron chi connectivity index (χ1n) is 7.70. The van der Waals surface area contributed by atoms with Crippen LogP contribution in [-0.4, -0.2) is 27.5 Å². The molecule has 22 heavy (non-hydrogen) atoms. The number of hydrogen-bond donors (Lipinski definition) is 2. The predicted octanol–water partition coefficient (Wildman–Crippen LogP) is 1.86. The van der Waals surface area contributed by atoms with E-state index in [0.717, 1.165) is 30.9 Å². The van der Waals surface area contributed by atoms with E-state index in [2.05, 4.69) is 26.4 Å². The van der Waals surface area contributed by atoms with Crippen LogP contribution in [0.4, 0.5) is 0 Å². The lowest BCUT2D eigenvalue weighted by Gasteiger charge is -2.27. The smallest absolute Gasteiger partial charge is 0.237 e. The van der Waals surface area contributed by atoms with E-state index >= 15 is 0 Å². The molecule has 0 aliphatic carbocycles. The maximum absolute atomic E-state index is 12.2. The summed E-state index contributed by atoms with van der Waals surface area (Å²) in [6.45, 7) is 5.45. The molecule has 3 heterocycles. The van der Waals surface area contributed by atoms with Crippen molar-refractivity contribution in [1.29, 1.82) is 0 Å². The molecule has 118 valence electrons. The summed E-state index contributed by atoms with van der Waals surface area (Å²) in [5.74, 6) is 1.21. The molecule has 0 radical (unpaired) electrons. The van der Waals surface area contributed by atoms with Crippen molar-refractivity contribution >= 4 is 17.2 Å². The number of nitrogens with one attached hydrogen (secondary N) is 2. The van der Waals surface area contributed by atoms with Gasteiger partial charge in [-0.25, -0.2) is 4.98 Å². The van der Waals surface area contributed by atoms with Crippen LogP contribution in [0.1, 0.15) is 29.7 Å². The number of amides is 1. The van der Waals surface area contributed by atoms with Gasteiger partial charge in [0.05, 0.1) is 18.3 Å². The molecule has 6 heteroatoms. The summed E-state index contributed by atoms with van der Waals surface area (Å²) in [6.07, 6.45) is 4.08.